The Morgan fingerprint density at radius 3 is 2.41 bits per heavy atom. The maximum atomic E-state index is 2.32. The molecule has 3 rings (SSSR count). The Balaban J connectivity index is 0.00000108. The van der Waals surface area contributed by atoms with Crippen LogP contribution in [0.3, 0.4) is 0 Å². The average Bonchev–Trinajstić information content (AvgIpc) is 2.70. The summed E-state index contributed by atoms with van der Waals surface area (Å²) < 4.78 is 0. The van der Waals surface area contributed by atoms with Gasteiger partial charge in [0.15, 0.2) is 0 Å². The normalized spacial score (nSPS) is 12.6. The fourth-order valence-electron chi connectivity index (χ4n) is 2.40. The average molecular weight is 213 g/mol. The Labute approximate surface area is 115 Å². The summed E-state index contributed by atoms with van der Waals surface area (Å²) in [5.74, 6) is 0. The number of benzene rings is 2. The first kappa shape index (κ1) is 12.2. The first-order valence-corrected chi connectivity index (χ1v) is 5.69. The zero-order chi connectivity index (χ0) is 11.0. The molecule has 0 heterocycles. The van der Waals surface area contributed by atoms with Crippen molar-refractivity contribution in [2.24, 2.45) is 0 Å². The van der Waals surface area contributed by atoms with Crippen molar-refractivity contribution in [3.05, 3.63) is 65.2 Å². The van der Waals surface area contributed by atoms with Crippen molar-refractivity contribution in [3.8, 4) is 11.1 Å². The fourth-order valence-corrected chi connectivity index (χ4v) is 2.40. The minimum absolute atomic E-state index is 0. The molecule has 0 N–H and O–H groups in total. The molecule has 0 atom stereocenters. The largest absolute Gasteiger partial charge is 1.00 e. The van der Waals surface area contributed by atoms with Gasteiger partial charge in [0, 0.05) is 0 Å². The molecule has 1 heteroatoms. The van der Waals surface area contributed by atoms with Crippen LogP contribution in [0.5, 0.6) is 0 Å². The molecule has 0 spiro atoms. The van der Waals surface area contributed by atoms with Crippen LogP contribution in [0.2, 0.25) is 0 Å². The van der Waals surface area contributed by atoms with Crippen LogP contribution in [0.1, 0.15) is 18.1 Å². The van der Waals surface area contributed by atoms with E-state index in [1.54, 1.807) is 0 Å². The predicted molar refractivity (Wildman–Crippen MR) is 69.2 cm³/mol. The summed E-state index contributed by atoms with van der Waals surface area (Å²) in [6.07, 6.45) is 3.42. The first-order chi connectivity index (χ1) is 7.84. The Kier molecular flexibility index (Phi) is 3.57. The smallest absolute Gasteiger partial charge is 0.0683 e. The summed E-state index contributed by atoms with van der Waals surface area (Å²) in [4.78, 5) is 0. The van der Waals surface area contributed by atoms with E-state index in [2.05, 4.69) is 61.5 Å². The Morgan fingerprint density at radius 2 is 1.65 bits per heavy atom. The molecule has 1 aliphatic rings. The van der Waals surface area contributed by atoms with Gasteiger partial charge in [-0.1, -0.05) is 60.2 Å². The maximum Gasteiger partial charge on any atom is 1.00 e. The van der Waals surface area contributed by atoms with Gasteiger partial charge in [-0.05, 0) is 35.6 Å². The molecule has 0 aromatic heterocycles. The van der Waals surface area contributed by atoms with Crippen molar-refractivity contribution in [3.63, 3.8) is 0 Å². The molecule has 0 nitrogen and oxygen atoms in total. The second-order valence-electron chi connectivity index (χ2n) is 4.41. The molecule has 1 aliphatic carbocycles. The SMILES string of the molecule is CC1=Cc2c(cccc2-c2ccccc2)C1.[Li+]. The molecule has 0 saturated heterocycles. The minimum atomic E-state index is 0. The predicted octanol–water partition coefficient (Wildman–Crippen LogP) is 1.32. The van der Waals surface area contributed by atoms with Gasteiger partial charge in [0.1, 0.15) is 0 Å². The van der Waals surface area contributed by atoms with Crippen LogP contribution in [-0.2, 0) is 6.42 Å². The van der Waals surface area contributed by atoms with Gasteiger partial charge >= 0.3 is 18.9 Å². The van der Waals surface area contributed by atoms with E-state index >= 15 is 0 Å². The van der Waals surface area contributed by atoms with Gasteiger partial charge in [-0.2, -0.15) is 0 Å². The summed E-state index contributed by atoms with van der Waals surface area (Å²) >= 11 is 0. The van der Waals surface area contributed by atoms with Crippen molar-refractivity contribution in [2.75, 3.05) is 0 Å². The summed E-state index contributed by atoms with van der Waals surface area (Å²) in [5, 5.41) is 0. The van der Waals surface area contributed by atoms with E-state index in [-0.39, 0.29) is 18.9 Å². The van der Waals surface area contributed by atoms with E-state index in [4.69, 9.17) is 0 Å². The van der Waals surface area contributed by atoms with Crippen LogP contribution >= 0.6 is 0 Å². The van der Waals surface area contributed by atoms with E-state index in [1.807, 2.05) is 0 Å². The summed E-state index contributed by atoms with van der Waals surface area (Å²) in [5.41, 5.74) is 6.99. The van der Waals surface area contributed by atoms with E-state index in [0.29, 0.717) is 0 Å². The topological polar surface area (TPSA) is 0 Å². The minimum Gasteiger partial charge on any atom is -0.0683 e. The standard InChI is InChI=1S/C16H14.Li/c1-12-10-14-8-5-9-15(16(14)11-12)13-6-3-2-4-7-13;/h2-9,11H,10H2,1H3;/q;+1. The van der Waals surface area contributed by atoms with Gasteiger partial charge in [0.25, 0.3) is 0 Å². The van der Waals surface area contributed by atoms with Gasteiger partial charge < -0.3 is 0 Å². The van der Waals surface area contributed by atoms with Crippen molar-refractivity contribution in [1.82, 2.24) is 0 Å². The third kappa shape index (κ3) is 2.25. The maximum absolute atomic E-state index is 2.32. The first-order valence-electron chi connectivity index (χ1n) is 5.69. The number of hydrogen-bond donors (Lipinski definition) is 0. The Bertz CT molecular complexity index is 553. The number of allylic oxidation sites excluding steroid dienone is 1. The van der Waals surface area contributed by atoms with Gasteiger partial charge in [0.05, 0.1) is 0 Å². The molecule has 0 fully saturated rings. The molecule has 0 bridgehead atoms. The molecular formula is C16H14Li+. The summed E-state index contributed by atoms with van der Waals surface area (Å²) in [7, 11) is 0. The van der Waals surface area contributed by atoms with Gasteiger partial charge in [-0.25, -0.2) is 0 Å². The second kappa shape index (κ2) is 4.96. The molecule has 0 saturated carbocycles. The quantitative estimate of drug-likeness (QED) is 0.627. The fraction of sp³-hybridized carbons (Fsp3) is 0.125. The molecule has 2 aromatic rings. The molecule has 0 unspecified atom stereocenters. The van der Waals surface area contributed by atoms with Crippen molar-refractivity contribution in [1.29, 1.82) is 0 Å². The van der Waals surface area contributed by atoms with Crippen LogP contribution in [0.15, 0.2) is 54.1 Å². The zero-order valence-corrected chi connectivity index (χ0v) is 10.4. The number of hydrogen-bond acceptors (Lipinski definition) is 0. The molecule has 2 aromatic carbocycles. The Morgan fingerprint density at radius 1 is 0.882 bits per heavy atom. The van der Waals surface area contributed by atoms with Gasteiger partial charge in [0.2, 0.25) is 0 Å². The third-order valence-corrected chi connectivity index (χ3v) is 3.14. The van der Waals surface area contributed by atoms with Crippen LogP contribution in [0.25, 0.3) is 17.2 Å². The van der Waals surface area contributed by atoms with E-state index in [1.165, 1.54) is 27.8 Å². The van der Waals surface area contributed by atoms with Gasteiger partial charge in [-0.15, -0.1) is 0 Å². The van der Waals surface area contributed by atoms with Gasteiger partial charge in [-0.3, -0.25) is 0 Å². The van der Waals surface area contributed by atoms with Crippen molar-refractivity contribution >= 4 is 6.08 Å². The Hall–Kier alpha value is -1.22. The van der Waals surface area contributed by atoms with Crippen LogP contribution in [-0.4, -0.2) is 0 Å². The monoisotopic (exact) mass is 213 g/mol. The molecule has 0 radical (unpaired) electrons. The zero-order valence-electron chi connectivity index (χ0n) is 10.4. The number of rotatable bonds is 1. The van der Waals surface area contributed by atoms with Crippen LogP contribution in [0, 0.1) is 0 Å². The summed E-state index contributed by atoms with van der Waals surface area (Å²) in [6.45, 7) is 2.20. The molecule has 78 valence electrons. The summed E-state index contributed by atoms with van der Waals surface area (Å²) in [6, 6.07) is 17.2. The van der Waals surface area contributed by atoms with Crippen molar-refractivity contribution in [2.45, 2.75) is 13.3 Å². The number of fused-ring (bicyclic) bond motifs is 1. The van der Waals surface area contributed by atoms with E-state index in [0.717, 1.165) is 6.42 Å². The van der Waals surface area contributed by atoms with E-state index in [9.17, 15) is 0 Å². The van der Waals surface area contributed by atoms with E-state index < -0.39 is 0 Å². The van der Waals surface area contributed by atoms with Crippen LogP contribution in [0.4, 0.5) is 0 Å². The van der Waals surface area contributed by atoms with Crippen molar-refractivity contribution < 1.29 is 18.9 Å². The molecule has 0 aliphatic heterocycles. The van der Waals surface area contributed by atoms with Crippen LogP contribution < -0.4 is 18.9 Å². The third-order valence-electron chi connectivity index (χ3n) is 3.14. The molecule has 17 heavy (non-hydrogen) atoms. The molecule has 0 amide bonds. The molecular weight excluding hydrogens is 199 g/mol. The second-order valence-corrected chi connectivity index (χ2v) is 4.41.